The van der Waals surface area contributed by atoms with Gasteiger partial charge in [-0.1, -0.05) is 0 Å². The molecule has 0 fully saturated rings. The zero-order valence-corrected chi connectivity index (χ0v) is 5.29. The molecule has 0 bridgehead atoms. The molecule has 0 spiro atoms. The number of anilines is 2. The zero-order valence-electron chi connectivity index (χ0n) is 5.29. The molecule has 10 heavy (non-hydrogen) atoms. The Hall–Kier alpha value is -1.58. The summed E-state index contributed by atoms with van der Waals surface area (Å²) in [5, 5.41) is 1.71. The van der Waals surface area contributed by atoms with Crippen LogP contribution in [0.15, 0.2) is 18.2 Å². The number of nitrogens with one attached hydrogen (secondary N) is 1. The predicted molar refractivity (Wildman–Crippen MR) is 39.3 cm³/mol. The fourth-order valence-electron chi connectivity index (χ4n) is 0.638. The van der Waals surface area contributed by atoms with Crippen molar-refractivity contribution < 1.29 is 5.18 Å². The molecular formula is C6H8N3O+. The molecule has 4 nitrogen and oxygen atoms in total. The van der Waals surface area contributed by atoms with Crippen LogP contribution in [0.5, 0.6) is 0 Å². The van der Waals surface area contributed by atoms with Gasteiger partial charge in [-0.05, 0) is 6.07 Å². The average molecular weight is 138 g/mol. The first-order valence-corrected chi connectivity index (χ1v) is 2.77. The smallest absolute Gasteiger partial charge is 0.255 e. The highest BCUT2D eigenvalue weighted by molar-refractivity contribution is 5.66. The van der Waals surface area contributed by atoms with E-state index in [1.807, 2.05) is 0 Å². The van der Waals surface area contributed by atoms with E-state index in [2.05, 4.69) is 0 Å². The van der Waals surface area contributed by atoms with Crippen LogP contribution in [0.3, 0.4) is 0 Å². The largest absolute Gasteiger partial charge is 0.397 e. The lowest BCUT2D eigenvalue weighted by atomic mass is 10.2. The van der Waals surface area contributed by atoms with Crippen molar-refractivity contribution in [3.63, 3.8) is 0 Å². The van der Waals surface area contributed by atoms with Crippen LogP contribution in [-0.4, -0.2) is 0 Å². The van der Waals surface area contributed by atoms with Gasteiger partial charge >= 0.3 is 0 Å². The highest BCUT2D eigenvalue weighted by Crippen LogP contribution is 2.15. The SMILES string of the molecule is Nc1ccc([NH+]=O)cc1N. The molecule has 0 aliphatic rings. The maximum absolute atomic E-state index is 10.0. The Kier molecular flexibility index (Phi) is 1.53. The van der Waals surface area contributed by atoms with Crippen LogP contribution >= 0.6 is 0 Å². The molecule has 0 unspecified atom stereocenters. The van der Waals surface area contributed by atoms with Crippen LogP contribution in [0, 0.1) is 4.91 Å². The summed E-state index contributed by atoms with van der Waals surface area (Å²) in [6.45, 7) is 0. The first-order valence-electron chi connectivity index (χ1n) is 2.77. The van der Waals surface area contributed by atoms with Gasteiger partial charge < -0.3 is 11.5 Å². The second-order valence-corrected chi connectivity index (χ2v) is 1.95. The van der Waals surface area contributed by atoms with E-state index in [0.717, 1.165) is 0 Å². The van der Waals surface area contributed by atoms with Crippen LogP contribution in [0.4, 0.5) is 17.1 Å². The number of hydrogen-bond acceptors (Lipinski definition) is 3. The molecule has 1 aromatic carbocycles. The molecule has 0 saturated carbocycles. The van der Waals surface area contributed by atoms with Crippen molar-refractivity contribution in [2.24, 2.45) is 0 Å². The third-order valence-corrected chi connectivity index (χ3v) is 1.20. The van der Waals surface area contributed by atoms with Gasteiger partial charge in [0.15, 0.2) is 0 Å². The van der Waals surface area contributed by atoms with Crippen molar-refractivity contribution in [2.45, 2.75) is 0 Å². The van der Waals surface area contributed by atoms with E-state index >= 15 is 0 Å². The van der Waals surface area contributed by atoms with Gasteiger partial charge in [0.05, 0.1) is 11.4 Å². The molecule has 0 heterocycles. The summed E-state index contributed by atoms with van der Waals surface area (Å²) in [6, 6.07) is 4.64. The Morgan fingerprint density at radius 2 is 1.90 bits per heavy atom. The van der Waals surface area contributed by atoms with Gasteiger partial charge in [-0.2, -0.15) is 0 Å². The summed E-state index contributed by atoms with van der Waals surface area (Å²) in [5.74, 6) is 0. The summed E-state index contributed by atoms with van der Waals surface area (Å²) in [5.41, 5.74) is 12.1. The lowest BCUT2D eigenvalue weighted by molar-refractivity contribution is -0.379. The van der Waals surface area contributed by atoms with Gasteiger partial charge in [-0.3, -0.25) is 0 Å². The molecule has 1 aromatic rings. The van der Waals surface area contributed by atoms with Gasteiger partial charge in [0, 0.05) is 22.2 Å². The second kappa shape index (κ2) is 2.34. The van der Waals surface area contributed by atoms with Crippen molar-refractivity contribution in [1.82, 2.24) is 0 Å². The van der Waals surface area contributed by atoms with E-state index in [-0.39, 0.29) is 0 Å². The third kappa shape index (κ3) is 1.05. The molecule has 0 amide bonds. The number of nitrogen functional groups attached to an aromatic ring is 2. The molecule has 0 aromatic heterocycles. The van der Waals surface area contributed by atoms with Gasteiger partial charge in [-0.25, -0.2) is 0 Å². The topological polar surface area (TPSA) is 83.1 Å². The Morgan fingerprint density at radius 1 is 1.20 bits per heavy atom. The molecule has 0 aliphatic heterocycles. The molecule has 52 valence electrons. The van der Waals surface area contributed by atoms with Crippen LogP contribution in [0.1, 0.15) is 0 Å². The van der Waals surface area contributed by atoms with Crippen LogP contribution < -0.4 is 16.6 Å². The maximum atomic E-state index is 10.0. The number of nitrogens with two attached hydrogens (primary N) is 2. The lowest BCUT2D eigenvalue weighted by Crippen LogP contribution is -2.55. The molecule has 0 radical (unpaired) electrons. The summed E-state index contributed by atoms with van der Waals surface area (Å²) in [4.78, 5) is 10.0. The van der Waals surface area contributed by atoms with Crippen LogP contribution in [0.2, 0.25) is 0 Å². The minimum absolute atomic E-state index is 0.417. The van der Waals surface area contributed by atoms with Gasteiger partial charge in [0.1, 0.15) is 0 Å². The highest BCUT2D eigenvalue weighted by atomic mass is 16.3. The standard InChI is InChI=1S/C6H7N3O/c7-5-2-1-4(9-10)3-6(5)8/h1-3H,7-8H2/p+1. The fourth-order valence-corrected chi connectivity index (χ4v) is 0.638. The highest BCUT2D eigenvalue weighted by Gasteiger charge is 1.99. The van der Waals surface area contributed by atoms with Crippen molar-refractivity contribution in [2.75, 3.05) is 11.5 Å². The van der Waals surface area contributed by atoms with E-state index in [4.69, 9.17) is 11.5 Å². The molecule has 0 aliphatic carbocycles. The van der Waals surface area contributed by atoms with E-state index in [1.165, 1.54) is 6.07 Å². The van der Waals surface area contributed by atoms with Gasteiger partial charge in [-0.15, -0.1) is 0 Å². The summed E-state index contributed by atoms with van der Waals surface area (Å²) < 4.78 is 0. The summed E-state index contributed by atoms with van der Waals surface area (Å²) >= 11 is 0. The minimum atomic E-state index is 0.417. The Morgan fingerprint density at radius 3 is 2.40 bits per heavy atom. The fraction of sp³-hybridized carbons (Fsp3) is 0. The molecule has 0 atom stereocenters. The lowest BCUT2D eigenvalue weighted by Gasteiger charge is -1.94. The first-order chi connectivity index (χ1) is 4.74. The normalized spacial score (nSPS) is 9.20. The quantitative estimate of drug-likeness (QED) is 0.450. The second-order valence-electron chi connectivity index (χ2n) is 1.95. The molecule has 1 rings (SSSR count). The first kappa shape index (κ1) is 6.54. The van der Waals surface area contributed by atoms with Gasteiger partial charge in [0.2, 0.25) is 0 Å². The van der Waals surface area contributed by atoms with E-state index in [1.54, 1.807) is 17.3 Å². The Labute approximate surface area is 57.8 Å². The predicted octanol–water partition coefficient (Wildman–Crippen LogP) is -0.671. The van der Waals surface area contributed by atoms with Crippen molar-refractivity contribution in [1.29, 1.82) is 0 Å². The number of hydrogen-bond donors (Lipinski definition) is 3. The third-order valence-electron chi connectivity index (χ3n) is 1.20. The van der Waals surface area contributed by atoms with Crippen LogP contribution in [-0.2, 0) is 0 Å². The number of nitroso groups, excluding NO2 is 1. The Balaban J connectivity index is 3.16. The summed E-state index contributed by atoms with van der Waals surface area (Å²) in [6.07, 6.45) is 0. The van der Waals surface area contributed by atoms with E-state index in [9.17, 15) is 4.91 Å². The molecule has 5 N–H and O–H groups in total. The maximum Gasteiger partial charge on any atom is 0.255 e. The number of benzene rings is 1. The Bertz CT molecular complexity index is 259. The van der Waals surface area contributed by atoms with Gasteiger partial charge in [0.25, 0.3) is 5.69 Å². The summed E-state index contributed by atoms with van der Waals surface area (Å²) in [7, 11) is 0. The number of rotatable bonds is 1. The minimum Gasteiger partial charge on any atom is -0.397 e. The van der Waals surface area contributed by atoms with E-state index < -0.39 is 0 Å². The molecule has 0 saturated heterocycles. The van der Waals surface area contributed by atoms with Crippen molar-refractivity contribution in [3.05, 3.63) is 23.1 Å². The van der Waals surface area contributed by atoms with E-state index in [0.29, 0.717) is 17.1 Å². The van der Waals surface area contributed by atoms with Crippen molar-refractivity contribution >= 4 is 17.1 Å². The average Bonchev–Trinajstić information content (AvgIpc) is 1.95. The van der Waals surface area contributed by atoms with Crippen molar-refractivity contribution in [3.8, 4) is 0 Å². The molecule has 4 heteroatoms. The monoisotopic (exact) mass is 138 g/mol. The zero-order chi connectivity index (χ0) is 7.56. The van der Waals surface area contributed by atoms with Crippen LogP contribution in [0.25, 0.3) is 0 Å². The molecular weight excluding hydrogens is 130 g/mol.